The molecule has 0 radical (unpaired) electrons. The third-order valence-electron chi connectivity index (χ3n) is 3.56. The summed E-state index contributed by atoms with van der Waals surface area (Å²) in [6.45, 7) is 11.2. The van der Waals surface area contributed by atoms with Crippen molar-refractivity contribution in [2.45, 2.75) is 65.7 Å². The van der Waals surface area contributed by atoms with Gasteiger partial charge >= 0.3 is 0 Å². The highest BCUT2D eigenvalue weighted by atomic mass is 15.1. The van der Waals surface area contributed by atoms with Crippen molar-refractivity contribution in [2.24, 2.45) is 5.41 Å². The first kappa shape index (κ1) is 13.0. The van der Waals surface area contributed by atoms with Gasteiger partial charge < -0.3 is 4.90 Å². The highest BCUT2D eigenvalue weighted by Crippen LogP contribution is 2.26. The summed E-state index contributed by atoms with van der Waals surface area (Å²) in [5.41, 5.74) is 0.540. The maximum absolute atomic E-state index is 2.65. The second kappa shape index (κ2) is 6.52. The maximum atomic E-state index is 2.65. The topological polar surface area (TPSA) is 3.24 Å². The Balaban J connectivity index is 2.12. The monoisotopic (exact) mass is 211 g/mol. The number of unbranched alkanes of at least 4 members (excludes halogenated alkanes) is 3. The molecule has 0 aromatic rings. The van der Waals surface area contributed by atoms with E-state index in [9.17, 15) is 0 Å². The maximum Gasteiger partial charge on any atom is 0.00327 e. The van der Waals surface area contributed by atoms with Crippen LogP contribution in [0.25, 0.3) is 0 Å². The van der Waals surface area contributed by atoms with Crippen molar-refractivity contribution in [1.29, 1.82) is 0 Å². The summed E-state index contributed by atoms with van der Waals surface area (Å²) in [4.78, 5) is 2.65. The van der Waals surface area contributed by atoms with Crippen molar-refractivity contribution in [2.75, 3.05) is 19.6 Å². The van der Waals surface area contributed by atoms with E-state index in [2.05, 4.69) is 25.7 Å². The van der Waals surface area contributed by atoms with Gasteiger partial charge in [0.05, 0.1) is 0 Å². The SMILES string of the molecule is CCCCCCC(C)(C)CN1CCCC1. The van der Waals surface area contributed by atoms with Gasteiger partial charge in [-0.2, -0.15) is 0 Å². The Morgan fingerprint density at radius 2 is 1.67 bits per heavy atom. The fraction of sp³-hybridized carbons (Fsp3) is 1.00. The Morgan fingerprint density at radius 3 is 2.27 bits per heavy atom. The van der Waals surface area contributed by atoms with Gasteiger partial charge in [-0.05, 0) is 37.8 Å². The average molecular weight is 211 g/mol. The van der Waals surface area contributed by atoms with Crippen LogP contribution in [0, 0.1) is 5.41 Å². The van der Waals surface area contributed by atoms with Crippen LogP contribution < -0.4 is 0 Å². The first-order valence-electron chi connectivity index (χ1n) is 6.86. The summed E-state index contributed by atoms with van der Waals surface area (Å²) < 4.78 is 0. The smallest absolute Gasteiger partial charge is 0.00327 e. The van der Waals surface area contributed by atoms with Crippen LogP contribution >= 0.6 is 0 Å². The van der Waals surface area contributed by atoms with Gasteiger partial charge in [0.15, 0.2) is 0 Å². The fourth-order valence-electron chi connectivity index (χ4n) is 2.66. The van der Waals surface area contributed by atoms with Gasteiger partial charge in [-0.25, -0.2) is 0 Å². The van der Waals surface area contributed by atoms with Crippen molar-refractivity contribution in [3.8, 4) is 0 Å². The molecule has 15 heavy (non-hydrogen) atoms. The van der Waals surface area contributed by atoms with Crippen molar-refractivity contribution >= 4 is 0 Å². The van der Waals surface area contributed by atoms with E-state index >= 15 is 0 Å². The summed E-state index contributed by atoms with van der Waals surface area (Å²) in [5.74, 6) is 0. The minimum Gasteiger partial charge on any atom is -0.303 e. The van der Waals surface area contributed by atoms with Crippen LogP contribution in [0.5, 0.6) is 0 Å². The number of hydrogen-bond donors (Lipinski definition) is 0. The van der Waals surface area contributed by atoms with Gasteiger partial charge in [0.25, 0.3) is 0 Å². The van der Waals surface area contributed by atoms with Crippen molar-refractivity contribution in [3.05, 3.63) is 0 Å². The molecule has 0 amide bonds. The molecule has 0 atom stereocenters. The molecule has 0 aliphatic carbocycles. The van der Waals surface area contributed by atoms with Gasteiger partial charge in [-0.15, -0.1) is 0 Å². The summed E-state index contributed by atoms with van der Waals surface area (Å²) in [6, 6.07) is 0. The minimum atomic E-state index is 0.540. The van der Waals surface area contributed by atoms with Gasteiger partial charge in [0.1, 0.15) is 0 Å². The number of nitrogens with zero attached hydrogens (tertiary/aromatic N) is 1. The summed E-state index contributed by atoms with van der Waals surface area (Å²) in [6.07, 6.45) is 9.88. The van der Waals surface area contributed by atoms with E-state index in [0.29, 0.717) is 5.41 Å². The van der Waals surface area contributed by atoms with Crippen LogP contribution in [0.15, 0.2) is 0 Å². The Morgan fingerprint density at radius 1 is 1.00 bits per heavy atom. The molecule has 90 valence electrons. The first-order chi connectivity index (χ1) is 7.14. The Hall–Kier alpha value is -0.0400. The zero-order valence-electron chi connectivity index (χ0n) is 11.0. The summed E-state index contributed by atoms with van der Waals surface area (Å²) in [5, 5.41) is 0. The molecular weight excluding hydrogens is 182 g/mol. The largest absolute Gasteiger partial charge is 0.303 e. The summed E-state index contributed by atoms with van der Waals surface area (Å²) >= 11 is 0. The average Bonchev–Trinajstić information content (AvgIpc) is 2.64. The molecule has 0 N–H and O–H groups in total. The van der Waals surface area contributed by atoms with Gasteiger partial charge in [0.2, 0.25) is 0 Å². The predicted octanol–water partition coefficient (Wildman–Crippen LogP) is 4.08. The van der Waals surface area contributed by atoms with Crippen molar-refractivity contribution < 1.29 is 0 Å². The van der Waals surface area contributed by atoms with E-state index in [0.717, 1.165) is 0 Å². The van der Waals surface area contributed by atoms with E-state index in [4.69, 9.17) is 0 Å². The molecule has 1 rings (SSSR count). The van der Waals surface area contributed by atoms with Crippen LogP contribution in [-0.4, -0.2) is 24.5 Å². The zero-order chi connectivity index (χ0) is 11.1. The van der Waals surface area contributed by atoms with Crippen LogP contribution in [-0.2, 0) is 0 Å². The highest BCUT2D eigenvalue weighted by molar-refractivity contribution is 4.76. The standard InChI is InChI=1S/C14H29N/c1-4-5-6-7-10-14(2,3)13-15-11-8-9-12-15/h4-13H2,1-3H3. The molecule has 1 aliphatic heterocycles. The van der Waals surface area contributed by atoms with Crippen LogP contribution in [0.2, 0.25) is 0 Å². The minimum absolute atomic E-state index is 0.540. The molecule has 0 aromatic heterocycles. The number of likely N-dealkylation sites (tertiary alicyclic amines) is 1. The Kier molecular flexibility index (Phi) is 5.66. The molecule has 1 fully saturated rings. The lowest BCUT2D eigenvalue weighted by atomic mass is 9.86. The van der Waals surface area contributed by atoms with Crippen molar-refractivity contribution in [1.82, 2.24) is 4.90 Å². The quantitative estimate of drug-likeness (QED) is 0.574. The molecule has 1 heteroatoms. The van der Waals surface area contributed by atoms with Crippen LogP contribution in [0.4, 0.5) is 0 Å². The lowest BCUT2D eigenvalue weighted by Crippen LogP contribution is -2.32. The second-order valence-electron chi connectivity index (χ2n) is 5.96. The normalized spacial score (nSPS) is 18.6. The Bertz CT molecular complexity index is 157. The summed E-state index contributed by atoms with van der Waals surface area (Å²) in [7, 11) is 0. The van der Waals surface area contributed by atoms with Gasteiger partial charge in [-0.1, -0.05) is 46.5 Å². The van der Waals surface area contributed by atoms with E-state index in [1.165, 1.54) is 64.6 Å². The first-order valence-corrected chi connectivity index (χ1v) is 6.86. The highest BCUT2D eigenvalue weighted by Gasteiger charge is 2.22. The third-order valence-corrected chi connectivity index (χ3v) is 3.56. The molecule has 1 saturated heterocycles. The number of rotatable bonds is 7. The molecule has 0 saturated carbocycles. The Labute approximate surface area is 96.2 Å². The van der Waals surface area contributed by atoms with E-state index in [-0.39, 0.29) is 0 Å². The lowest BCUT2D eigenvalue weighted by Gasteiger charge is -2.30. The van der Waals surface area contributed by atoms with E-state index in [1.54, 1.807) is 0 Å². The molecule has 0 unspecified atom stereocenters. The van der Waals surface area contributed by atoms with Crippen LogP contribution in [0.3, 0.4) is 0 Å². The van der Waals surface area contributed by atoms with Gasteiger partial charge in [-0.3, -0.25) is 0 Å². The fourth-order valence-corrected chi connectivity index (χ4v) is 2.66. The van der Waals surface area contributed by atoms with E-state index in [1.807, 2.05) is 0 Å². The molecule has 1 heterocycles. The molecule has 0 aromatic carbocycles. The molecule has 0 bridgehead atoms. The van der Waals surface area contributed by atoms with Crippen molar-refractivity contribution in [3.63, 3.8) is 0 Å². The predicted molar refractivity (Wildman–Crippen MR) is 68.2 cm³/mol. The number of hydrogen-bond acceptors (Lipinski definition) is 1. The second-order valence-corrected chi connectivity index (χ2v) is 5.96. The third kappa shape index (κ3) is 5.55. The molecular formula is C14H29N. The van der Waals surface area contributed by atoms with E-state index < -0.39 is 0 Å². The van der Waals surface area contributed by atoms with Gasteiger partial charge in [0, 0.05) is 6.54 Å². The lowest BCUT2D eigenvalue weighted by molar-refractivity contribution is 0.193. The zero-order valence-corrected chi connectivity index (χ0v) is 11.0. The molecule has 1 aliphatic rings. The molecule has 0 spiro atoms. The van der Waals surface area contributed by atoms with Crippen LogP contribution in [0.1, 0.15) is 65.7 Å². The molecule has 1 nitrogen and oxygen atoms in total.